The predicted molar refractivity (Wildman–Crippen MR) is 46.1 cm³/mol. The monoisotopic (exact) mass is 255 g/mol. The van der Waals surface area contributed by atoms with Gasteiger partial charge >= 0.3 is 12.1 Å². The molecule has 0 radical (unpaired) electrons. The Hall–Kier alpha value is -0.430. The van der Waals surface area contributed by atoms with Gasteiger partial charge in [0.15, 0.2) is 0 Å². The quantitative estimate of drug-likeness (QED) is 0.786. The minimum atomic E-state index is -5.88. The number of ketones is 1. The fraction of sp³-hybridized carbons (Fsp3) is 0.857. The van der Waals surface area contributed by atoms with Crippen LogP contribution in [0.3, 0.4) is 0 Å². The Morgan fingerprint density at radius 1 is 1.13 bits per heavy atom. The van der Waals surface area contributed by atoms with Gasteiger partial charge in [0.1, 0.15) is 0 Å². The van der Waals surface area contributed by atoms with Crippen LogP contribution >= 0.6 is 12.4 Å². The lowest BCUT2D eigenvalue weighted by atomic mass is 9.97. The van der Waals surface area contributed by atoms with E-state index in [1.807, 2.05) is 0 Å². The summed E-state index contributed by atoms with van der Waals surface area (Å²) in [6, 6.07) is -1.81. The van der Waals surface area contributed by atoms with Crippen LogP contribution in [0.25, 0.3) is 0 Å². The Morgan fingerprint density at radius 2 is 1.47 bits per heavy atom. The van der Waals surface area contributed by atoms with E-state index < -0.39 is 29.8 Å². The molecular formula is C7H11ClF5NO. The first-order chi connectivity index (χ1) is 6.01. The molecule has 15 heavy (non-hydrogen) atoms. The number of hydrogen-bond acceptors (Lipinski definition) is 2. The van der Waals surface area contributed by atoms with Crippen molar-refractivity contribution in [3.05, 3.63) is 0 Å². The Bertz CT molecular complexity index is 228. The molecule has 2 nitrogen and oxygen atoms in total. The summed E-state index contributed by atoms with van der Waals surface area (Å²) >= 11 is 0. The summed E-state index contributed by atoms with van der Waals surface area (Å²) in [5, 5.41) is 0. The second kappa shape index (κ2) is 5.07. The second-order valence-corrected chi connectivity index (χ2v) is 3.21. The van der Waals surface area contributed by atoms with Gasteiger partial charge in [-0.3, -0.25) is 4.79 Å². The number of carbonyl (C=O) groups is 1. The molecule has 8 heteroatoms. The molecule has 0 aromatic heterocycles. The Morgan fingerprint density at radius 3 is 1.67 bits per heavy atom. The highest BCUT2D eigenvalue weighted by Crippen LogP contribution is 2.37. The molecule has 0 bridgehead atoms. The third-order valence-corrected chi connectivity index (χ3v) is 1.69. The fourth-order valence-corrected chi connectivity index (χ4v) is 0.652. The molecule has 0 heterocycles. The molecule has 0 aromatic rings. The molecule has 0 fully saturated rings. The number of Topliss-reactive ketones (excluding diaryl/α,β-unsaturated/α-hetero) is 1. The van der Waals surface area contributed by atoms with E-state index in [2.05, 4.69) is 0 Å². The van der Waals surface area contributed by atoms with Crippen molar-refractivity contribution in [1.29, 1.82) is 0 Å². The number of hydrogen-bond donors (Lipinski definition) is 1. The Kier molecular flexibility index (Phi) is 5.74. The van der Waals surface area contributed by atoms with Crippen LogP contribution in [0.4, 0.5) is 22.0 Å². The molecule has 0 aliphatic carbocycles. The smallest absolute Gasteiger partial charge is 0.321 e. The topological polar surface area (TPSA) is 43.1 Å². The first-order valence-electron chi connectivity index (χ1n) is 3.76. The number of halogens is 6. The average Bonchev–Trinajstić information content (AvgIpc) is 1.99. The molecule has 92 valence electrons. The maximum Gasteiger partial charge on any atom is 0.461 e. The van der Waals surface area contributed by atoms with E-state index in [1.165, 1.54) is 13.8 Å². The highest BCUT2D eigenvalue weighted by molar-refractivity contribution is 5.91. The summed E-state index contributed by atoms with van der Waals surface area (Å²) in [6.07, 6.45) is -5.88. The molecule has 1 atom stereocenters. The van der Waals surface area contributed by atoms with Crippen molar-refractivity contribution in [1.82, 2.24) is 0 Å². The number of carbonyl (C=O) groups excluding carboxylic acids is 1. The van der Waals surface area contributed by atoms with Crippen molar-refractivity contribution >= 4 is 18.2 Å². The molecule has 0 spiro atoms. The van der Waals surface area contributed by atoms with Crippen molar-refractivity contribution in [3.8, 4) is 0 Å². The number of alkyl halides is 5. The third kappa shape index (κ3) is 3.57. The van der Waals surface area contributed by atoms with Crippen molar-refractivity contribution in [2.75, 3.05) is 0 Å². The van der Waals surface area contributed by atoms with Crippen LogP contribution < -0.4 is 5.73 Å². The maximum absolute atomic E-state index is 12.4. The molecular weight excluding hydrogens is 245 g/mol. The minimum Gasteiger partial charge on any atom is -0.321 e. The van der Waals surface area contributed by atoms with Gasteiger partial charge in [0.2, 0.25) is 5.78 Å². The molecule has 0 amide bonds. The highest BCUT2D eigenvalue weighted by atomic mass is 35.5. The first-order valence-corrected chi connectivity index (χ1v) is 3.76. The summed E-state index contributed by atoms with van der Waals surface area (Å²) in [4.78, 5) is 10.7. The van der Waals surface area contributed by atoms with Gasteiger partial charge in [-0.15, -0.1) is 12.4 Å². The lowest BCUT2D eigenvalue weighted by molar-refractivity contribution is -0.269. The third-order valence-electron chi connectivity index (χ3n) is 1.69. The summed E-state index contributed by atoms with van der Waals surface area (Å²) < 4.78 is 59.8. The second-order valence-electron chi connectivity index (χ2n) is 3.21. The largest absolute Gasteiger partial charge is 0.461 e. The zero-order chi connectivity index (χ0) is 11.7. The van der Waals surface area contributed by atoms with Gasteiger partial charge in [0.05, 0.1) is 6.04 Å². The lowest BCUT2D eigenvalue weighted by Gasteiger charge is -2.23. The van der Waals surface area contributed by atoms with Crippen LogP contribution in [-0.4, -0.2) is 23.9 Å². The van der Waals surface area contributed by atoms with Gasteiger partial charge in [-0.05, 0) is 5.92 Å². The summed E-state index contributed by atoms with van der Waals surface area (Å²) in [6.45, 7) is 2.57. The van der Waals surface area contributed by atoms with Gasteiger partial charge in [-0.2, -0.15) is 22.0 Å². The molecule has 0 saturated heterocycles. The van der Waals surface area contributed by atoms with Crippen LogP contribution in [0.5, 0.6) is 0 Å². The zero-order valence-corrected chi connectivity index (χ0v) is 8.75. The van der Waals surface area contributed by atoms with Crippen molar-refractivity contribution in [3.63, 3.8) is 0 Å². The van der Waals surface area contributed by atoms with Crippen molar-refractivity contribution in [2.45, 2.75) is 32.0 Å². The van der Waals surface area contributed by atoms with Gasteiger partial charge in [-0.25, -0.2) is 0 Å². The summed E-state index contributed by atoms with van der Waals surface area (Å²) in [7, 11) is 0. The normalized spacial score (nSPS) is 14.7. The molecule has 0 rings (SSSR count). The molecule has 2 N–H and O–H groups in total. The van der Waals surface area contributed by atoms with Crippen LogP contribution in [0, 0.1) is 5.92 Å². The van der Waals surface area contributed by atoms with Crippen LogP contribution in [-0.2, 0) is 4.79 Å². The van der Waals surface area contributed by atoms with Crippen LogP contribution in [0.1, 0.15) is 13.8 Å². The summed E-state index contributed by atoms with van der Waals surface area (Å²) in [5.41, 5.74) is 4.91. The van der Waals surface area contributed by atoms with E-state index in [9.17, 15) is 26.7 Å². The predicted octanol–water partition coefficient (Wildman–Crippen LogP) is 2.16. The number of rotatable bonds is 3. The molecule has 0 saturated carbocycles. The van der Waals surface area contributed by atoms with Crippen molar-refractivity contribution < 1.29 is 26.7 Å². The zero-order valence-electron chi connectivity index (χ0n) is 7.94. The van der Waals surface area contributed by atoms with Gasteiger partial charge in [0.25, 0.3) is 0 Å². The highest BCUT2D eigenvalue weighted by Gasteiger charge is 2.64. The Balaban J connectivity index is 0. The molecule has 0 aliphatic heterocycles. The van der Waals surface area contributed by atoms with E-state index >= 15 is 0 Å². The van der Waals surface area contributed by atoms with E-state index in [0.717, 1.165) is 0 Å². The average molecular weight is 256 g/mol. The lowest BCUT2D eigenvalue weighted by Crippen LogP contribution is -2.53. The van der Waals surface area contributed by atoms with Crippen LogP contribution in [0.15, 0.2) is 0 Å². The van der Waals surface area contributed by atoms with E-state index in [0.29, 0.717) is 0 Å². The fourth-order valence-electron chi connectivity index (χ4n) is 0.652. The van der Waals surface area contributed by atoms with Gasteiger partial charge in [0, 0.05) is 0 Å². The Labute approximate surface area is 89.4 Å². The minimum absolute atomic E-state index is 0. The first kappa shape index (κ1) is 17.0. The van der Waals surface area contributed by atoms with E-state index in [4.69, 9.17) is 5.73 Å². The van der Waals surface area contributed by atoms with E-state index in [-0.39, 0.29) is 12.4 Å². The molecule has 0 aliphatic rings. The molecule has 0 aromatic carbocycles. The maximum atomic E-state index is 12.4. The molecule has 0 unspecified atom stereocenters. The van der Waals surface area contributed by atoms with E-state index in [1.54, 1.807) is 0 Å². The standard InChI is InChI=1S/C7H10F5NO.ClH/c1-3(2)4(13)5(14)6(8,9)7(10,11)12;/h3-4H,13H2,1-2H3;1H/t4-;/m0./s1. The van der Waals surface area contributed by atoms with Crippen molar-refractivity contribution in [2.24, 2.45) is 11.7 Å². The van der Waals surface area contributed by atoms with Gasteiger partial charge < -0.3 is 5.73 Å². The van der Waals surface area contributed by atoms with Crippen LogP contribution in [0.2, 0.25) is 0 Å². The number of nitrogens with two attached hydrogens (primary N) is 1. The SMILES string of the molecule is CC(C)[C@H](N)C(=O)C(F)(F)C(F)(F)F.Cl. The summed E-state index contributed by atoms with van der Waals surface area (Å²) in [5.74, 6) is -8.42. The van der Waals surface area contributed by atoms with Gasteiger partial charge in [-0.1, -0.05) is 13.8 Å².